The molecule has 5 nitrogen and oxygen atoms in total. The van der Waals surface area contributed by atoms with Gasteiger partial charge in [0, 0.05) is 32.2 Å². The Labute approximate surface area is 121 Å². The van der Waals surface area contributed by atoms with E-state index in [0.29, 0.717) is 19.6 Å². The van der Waals surface area contributed by atoms with E-state index in [1.807, 2.05) is 4.90 Å². The Bertz CT molecular complexity index is 428. The maximum absolute atomic E-state index is 12.6. The van der Waals surface area contributed by atoms with Gasteiger partial charge in [0.1, 0.15) is 0 Å². The number of nitrogens with zero attached hydrogens (tertiary/aromatic N) is 1. The molecule has 6 heteroatoms. The molecule has 1 atom stereocenters. The van der Waals surface area contributed by atoms with Crippen LogP contribution in [0.2, 0.25) is 0 Å². The number of carbonyl (C=O) groups is 1. The highest BCUT2D eigenvalue weighted by Gasteiger charge is 2.37. The van der Waals surface area contributed by atoms with Crippen LogP contribution in [0.5, 0.6) is 0 Å². The lowest BCUT2D eigenvalue weighted by atomic mass is 10.0. The molecular formula is C14H25NO4S. The van der Waals surface area contributed by atoms with Crippen molar-refractivity contribution >= 4 is 15.7 Å². The maximum Gasteiger partial charge on any atom is 0.225 e. The van der Waals surface area contributed by atoms with E-state index in [4.69, 9.17) is 4.74 Å². The highest BCUT2D eigenvalue weighted by atomic mass is 32.2. The summed E-state index contributed by atoms with van der Waals surface area (Å²) < 4.78 is 28.4. The lowest BCUT2D eigenvalue weighted by Crippen LogP contribution is -2.44. The second-order valence-electron chi connectivity index (χ2n) is 5.92. The molecule has 1 unspecified atom stereocenters. The quantitative estimate of drug-likeness (QED) is 0.692. The number of rotatable bonds is 6. The lowest BCUT2D eigenvalue weighted by Gasteiger charge is -2.30. The van der Waals surface area contributed by atoms with Gasteiger partial charge in [-0.15, -0.1) is 0 Å². The monoisotopic (exact) mass is 303 g/mol. The third-order valence-corrected chi connectivity index (χ3v) is 6.13. The molecule has 0 N–H and O–H groups in total. The minimum Gasteiger partial charge on any atom is -0.385 e. The van der Waals surface area contributed by atoms with Crippen molar-refractivity contribution in [3.05, 3.63) is 0 Å². The number of hydrogen-bond acceptors (Lipinski definition) is 4. The summed E-state index contributed by atoms with van der Waals surface area (Å²) in [6, 6.07) is -0.120. The second kappa shape index (κ2) is 6.89. The van der Waals surface area contributed by atoms with Crippen LogP contribution in [0, 0.1) is 5.92 Å². The van der Waals surface area contributed by atoms with Crippen molar-refractivity contribution < 1.29 is 17.9 Å². The molecule has 0 radical (unpaired) electrons. The summed E-state index contributed by atoms with van der Waals surface area (Å²) in [5.74, 6) is 0.635. The Morgan fingerprint density at radius 2 is 1.95 bits per heavy atom. The van der Waals surface area contributed by atoms with Crippen LogP contribution >= 0.6 is 0 Å². The summed E-state index contributed by atoms with van der Waals surface area (Å²) in [5, 5.41) is 0. The zero-order chi connectivity index (χ0) is 14.6. The van der Waals surface area contributed by atoms with Crippen LogP contribution in [-0.4, -0.2) is 57.0 Å². The van der Waals surface area contributed by atoms with E-state index in [-0.39, 0.29) is 29.4 Å². The maximum atomic E-state index is 12.6. The topological polar surface area (TPSA) is 63.7 Å². The number of ether oxygens (including phenoxy) is 1. The van der Waals surface area contributed by atoms with E-state index >= 15 is 0 Å². The van der Waals surface area contributed by atoms with Crippen molar-refractivity contribution in [3.8, 4) is 0 Å². The first-order valence-electron chi connectivity index (χ1n) is 7.53. The molecule has 2 aliphatic rings. The minimum atomic E-state index is -2.95. The molecule has 0 spiro atoms. The van der Waals surface area contributed by atoms with Crippen LogP contribution in [0.15, 0.2) is 0 Å². The molecule has 1 saturated heterocycles. The highest BCUT2D eigenvalue weighted by Crippen LogP contribution is 2.29. The summed E-state index contributed by atoms with van der Waals surface area (Å²) in [6.45, 7) is 1.22. The highest BCUT2D eigenvalue weighted by molar-refractivity contribution is 7.91. The second-order valence-corrected chi connectivity index (χ2v) is 8.14. The summed E-state index contributed by atoms with van der Waals surface area (Å²) in [6.07, 6.45) is 5.51. The van der Waals surface area contributed by atoms with Crippen molar-refractivity contribution in [2.24, 2.45) is 5.92 Å². The molecule has 0 bridgehead atoms. The van der Waals surface area contributed by atoms with Gasteiger partial charge in [0.15, 0.2) is 9.84 Å². The van der Waals surface area contributed by atoms with Gasteiger partial charge < -0.3 is 9.64 Å². The average Bonchev–Trinajstić information content (AvgIpc) is 3.03. The van der Waals surface area contributed by atoms with E-state index in [0.717, 1.165) is 32.1 Å². The third kappa shape index (κ3) is 3.95. The van der Waals surface area contributed by atoms with Crippen molar-refractivity contribution in [1.82, 2.24) is 4.90 Å². The van der Waals surface area contributed by atoms with Gasteiger partial charge in [-0.05, 0) is 25.7 Å². The third-order valence-electron chi connectivity index (χ3n) is 4.38. The first-order chi connectivity index (χ1) is 9.53. The van der Waals surface area contributed by atoms with E-state index < -0.39 is 9.84 Å². The fourth-order valence-corrected chi connectivity index (χ4v) is 5.01. The largest absolute Gasteiger partial charge is 0.385 e. The van der Waals surface area contributed by atoms with E-state index in [2.05, 4.69) is 0 Å². The Morgan fingerprint density at radius 1 is 1.25 bits per heavy atom. The standard InChI is InChI=1S/C14H25NO4S/c1-19-9-4-8-15(13-7-10-20(17,18)11-13)14(16)12-5-2-3-6-12/h12-13H,2-11H2,1H3. The van der Waals surface area contributed by atoms with Crippen LogP contribution in [0.3, 0.4) is 0 Å². The molecule has 0 aromatic heterocycles. The van der Waals surface area contributed by atoms with Gasteiger partial charge in [-0.2, -0.15) is 0 Å². The van der Waals surface area contributed by atoms with Gasteiger partial charge >= 0.3 is 0 Å². The molecule has 1 aliphatic carbocycles. The van der Waals surface area contributed by atoms with E-state index in [1.54, 1.807) is 7.11 Å². The Hall–Kier alpha value is -0.620. The van der Waals surface area contributed by atoms with Gasteiger partial charge in [0.2, 0.25) is 5.91 Å². The molecule has 116 valence electrons. The van der Waals surface area contributed by atoms with Crippen LogP contribution < -0.4 is 0 Å². The van der Waals surface area contributed by atoms with E-state index in [9.17, 15) is 13.2 Å². The smallest absolute Gasteiger partial charge is 0.225 e. The summed E-state index contributed by atoms with van der Waals surface area (Å²) in [7, 11) is -1.31. The molecular weight excluding hydrogens is 278 g/mol. The molecule has 2 fully saturated rings. The van der Waals surface area contributed by atoms with Gasteiger partial charge in [-0.25, -0.2) is 8.42 Å². The summed E-state index contributed by atoms with van der Waals surface area (Å²) in [4.78, 5) is 14.5. The summed E-state index contributed by atoms with van der Waals surface area (Å²) in [5.41, 5.74) is 0. The normalized spacial score (nSPS) is 25.9. The van der Waals surface area contributed by atoms with Crippen molar-refractivity contribution in [1.29, 1.82) is 0 Å². The van der Waals surface area contributed by atoms with Crippen molar-refractivity contribution in [2.75, 3.05) is 31.8 Å². The summed E-state index contributed by atoms with van der Waals surface area (Å²) >= 11 is 0. The van der Waals surface area contributed by atoms with Crippen molar-refractivity contribution in [2.45, 2.75) is 44.6 Å². The van der Waals surface area contributed by atoms with E-state index in [1.165, 1.54) is 0 Å². The van der Waals surface area contributed by atoms with Gasteiger partial charge in [0.05, 0.1) is 11.5 Å². The molecule has 20 heavy (non-hydrogen) atoms. The first-order valence-corrected chi connectivity index (χ1v) is 9.35. The molecule has 2 rings (SSSR count). The van der Waals surface area contributed by atoms with Gasteiger partial charge in [0.25, 0.3) is 0 Å². The molecule has 1 amide bonds. The fourth-order valence-electron chi connectivity index (χ4n) is 3.28. The number of sulfone groups is 1. The fraction of sp³-hybridized carbons (Fsp3) is 0.929. The number of amides is 1. The minimum absolute atomic E-state index is 0.112. The SMILES string of the molecule is COCCCN(C(=O)C1CCCC1)C1CCS(=O)(=O)C1. The Balaban J connectivity index is 2.01. The average molecular weight is 303 g/mol. The molecule has 1 saturated carbocycles. The molecule has 1 aliphatic heterocycles. The van der Waals surface area contributed by atoms with Crippen molar-refractivity contribution in [3.63, 3.8) is 0 Å². The predicted molar refractivity (Wildman–Crippen MR) is 77.2 cm³/mol. The Kier molecular flexibility index (Phi) is 5.43. The molecule has 0 aromatic rings. The van der Waals surface area contributed by atoms with Gasteiger partial charge in [-0.1, -0.05) is 12.8 Å². The zero-order valence-corrected chi connectivity index (χ0v) is 13.0. The number of methoxy groups -OCH3 is 1. The van der Waals surface area contributed by atoms with Crippen LogP contribution in [-0.2, 0) is 19.4 Å². The van der Waals surface area contributed by atoms with Crippen LogP contribution in [0.25, 0.3) is 0 Å². The van der Waals surface area contributed by atoms with Crippen LogP contribution in [0.1, 0.15) is 38.5 Å². The first kappa shape index (κ1) is 15.8. The van der Waals surface area contributed by atoms with Crippen LogP contribution in [0.4, 0.5) is 0 Å². The zero-order valence-electron chi connectivity index (χ0n) is 12.2. The van der Waals surface area contributed by atoms with Gasteiger partial charge in [-0.3, -0.25) is 4.79 Å². The molecule has 1 heterocycles. The molecule has 0 aromatic carbocycles. The predicted octanol–water partition coefficient (Wildman–Crippen LogP) is 1.23. The number of carbonyl (C=O) groups excluding carboxylic acids is 1. The number of hydrogen-bond donors (Lipinski definition) is 0. The Morgan fingerprint density at radius 3 is 2.50 bits per heavy atom. The lowest BCUT2D eigenvalue weighted by molar-refractivity contribution is -0.137.